The number of aryl methyl sites for hydroxylation is 1. The van der Waals surface area contributed by atoms with Crippen LogP contribution in [0, 0.1) is 0 Å². The Bertz CT molecular complexity index is 891. The second-order valence-electron chi connectivity index (χ2n) is 6.86. The molecule has 3 aromatic rings. The molecule has 0 fully saturated rings. The van der Waals surface area contributed by atoms with Crippen LogP contribution in [0.4, 0.5) is 11.1 Å². The van der Waals surface area contributed by atoms with Crippen LogP contribution in [0.3, 0.4) is 0 Å². The van der Waals surface area contributed by atoms with Gasteiger partial charge < -0.3 is 14.6 Å². The van der Waals surface area contributed by atoms with Crippen LogP contribution in [0.2, 0.25) is 0 Å². The molecule has 0 aromatic carbocycles. The van der Waals surface area contributed by atoms with E-state index in [0.29, 0.717) is 5.95 Å². The van der Waals surface area contributed by atoms with Crippen molar-refractivity contribution < 1.29 is 4.42 Å². The Labute approximate surface area is 163 Å². The summed E-state index contributed by atoms with van der Waals surface area (Å²) in [6, 6.07) is 6.06. The molecule has 0 bridgehead atoms. The first kappa shape index (κ1) is 17.9. The Morgan fingerprint density at radius 3 is 2.74 bits per heavy atom. The normalized spacial score (nSPS) is 16.9. The van der Waals surface area contributed by atoms with Crippen LogP contribution in [0.25, 0.3) is 0 Å². The molecule has 1 atom stereocenters. The van der Waals surface area contributed by atoms with Gasteiger partial charge in [-0.2, -0.15) is 0 Å². The zero-order chi connectivity index (χ0) is 18.8. The number of furan rings is 1. The first-order valence-corrected chi connectivity index (χ1v) is 9.94. The average Bonchev–Trinajstić information content (AvgIpc) is 3.29. The van der Waals surface area contributed by atoms with Crippen LogP contribution < -0.4 is 10.2 Å². The van der Waals surface area contributed by atoms with E-state index in [4.69, 9.17) is 9.40 Å². The number of rotatable bonds is 6. The van der Waals surface area contributed by atoms with E-state index >= 15 is 0 Å². The Kier molecular flexibility index (Phi) is 5.09. The highest BCUT2D eigenvalue weighted by atomic mass is 32.1. The van der Waals surface area contributed by atoms with E-state index < -0.39 is 0 Å². The van der Waals surface area contributed by atoms with E-state index in [9.17, 15) is 0 Å². The van der Waals surface area contributed by atoms with E-state index in [0.717, 1.165) is 48.4 Å². The SMILES string of the molecule is CCc1ccc(CN2Cc3nc(N(C)C)sc3C(Nc3ncccn3)C2)o1. The first-order chi connectivity index (χ1) is 13.1. The van der Waals surface area contributed by atoms with E-state index in [2.05, 4.69) is 44.1 Å². The quantitative estimate of drug-likeness (QED) is 0.699. The number of nitrogens with zero attached hydrogens (tertiary/aromatic N) is 5. The Morgan fingerprint density at radius 1 is 1.26 bits per heavy atom. The molecular weight excluding hydrogens is 360 g/mol. The zero-order valence-corrected chi connectivity index (χ0v) is 16.7. The van der Waals surface area contributed by atoms with E-state index in [1.807, 2.05) is 20.2 Å². The molecule has 27 heavy (non-hydrogen) atoms. The smallest absolute Gasteiger partial charge is 0.223 e. The van der Waals surface area contributed by atoms with Gasteiger partial charge in [0, 0.05) is 46.0 Å². The van der Waals surface area contributed by atoms with Crippen LogP contribution >= 0.6 is 11.3 Å². The second kappa shape index (κ2) is 7.66. The average molecular weight is 385 g/mol. The molecule has 1 N–H and O–H groups in total. The molecule has 3 aromatic heterocycles. The van der Waals surface area contributed by atoms with Crippen molar-refractivity contribution in [3.63, 3.8) is 0 Å². The van der Waals surface area contributed by atoms with Crippen LogP contribution in [-0.2, 0) is 19.5 Å². The summed E-state index contributed by atoms with van der Waals surface area (Å²) in [6.45, 7) is 4.54. The fourth-order valence-corrected chi connectivity index (χ4v) is 4.26. The molecule has 4 heterocycles. The molecular formula is C19H24N6OS. The topological polar surface area (TPSA) is 70.3 Å². The first-order valence-electron chi connectivity index (χ1n) is 9.12. The van der Waals surface area contributed by atoms with Crippen molar-refractivity contribution in [3.8, 4) is 0 Å². The fourth-order valence-electron chi connectivity index (χ4n) is 3.22. The molecule has 0 radical (unpaired) electrons. The van der Waals surface area contributed by atoms with E-state index in [-0.39, 0.29) is 6.04 Å². The predicted octanol–water partition coefficient (Wildman–Crippen LogP) is 3.32. The van der Waals surface area contributed by atoms with Crippen LogP contribution in [-0.4, -0.2) is 40.5 Å². The number of anilines is 2. The van der Waals surface area contributed by atoms with Gasteiger partial charge in [0.05, 0.1) is 23.2 Å². The van der Waals surface area contributed by atoms with Crippen molar-refractivity contribution >= 4 is 22.4 Å². The molecule has 0 amide bonds. The molecule has 4 rings (SSSR count). The third-order valence-corrected chi connectivity index (χ3v) is 5.92. The summed E-state index contributed by atoms with van der Waals surface area (Å²) in [7, 11) is 4.06. The molecule has 1 unspecified atom stereocenters. The van der Waals surface area contributed by atoms with Crippen molar-refractivity contribution in [1.29, 1.82) is 0 Å². The maximum atomic E-state index is 5.91. The van der Waals surface area contributed by atoms with Crippen molar-refractivity contribution in [2.75, 3.05) is 30.9 Å². The molecule has 142 valence electrons. The van der Waals surface area contributed by atoms with Crippen LogP contribution in [0.5, 0.6) is 0 Å². The lowest BCUT2D eigenvalue weighted by atomic mass is 10.1. The minimum absolute atomic E-state index is 0.1000. The molecule has 0 aliphatic carbocycles. The molecule has 1 aliphatic heterocycles. The minimum Gasteiger partial charge on any atom is -0.465 e. The maximum Gasteiger partial charge on any atom is 0.223 e. The minimum atomic E-state index is 0.1000. The maximum absolute atomic E-state index is 5.91. The number of hydrogen-bond acceptors (Lipinski definition) is 8. The molecule has 0 saturated carbocycles. The van der Waals surface area contributed by atoms with Gasteiger partial charge in [-0.05, 0) is 18.2 Å². The Morgan fingerprint density at radius 2 is 2.04 bits per heavy atom. The van der Waals surface area contributed by atoms with Gasteiger partial charge in [-0.3, -0.25) is 4.90 Å². The summed E-state index contributed by atoms with van der Waals surface area (Å²) in [5.74, 6) is 2.66. The Balaban J connectivity index is 1.58. The Hall–Kier alpha value is -2.45. The summed E-state index contributed by atoms with van der Waals surface area (Å²) in [6.07, 6.45) is 4.42. The zero-order valence-electron chi connectivity index (χ0n) is 15.8. The van der Waals surface area contributed by atoms with E-state index in [1.54, 1.807) is 23.7 Å². The highest BCUT2D eigenvalue weighted by molar-refractivity contribution is 7.15. The van der Waals surface area contributed by atoms with Gasteiger partial charge in [-0.15, -0.1) is 0 Å². The third kappa shape index (κ3) is 3.96. The molecule has 1 aliphatic rings. The number of fused-ring (bicyclic) bond motifs is 1. The summed E-state index contributed by atoms with van der Waals surface area (Å²) in [4.78, 5) is 19.2. The van der Waals surface area contributed by atoms with Gasteiger partial charge in [0.2, 0.25) is 5.95 Å². The lowest BCUT2D eigenvalue weighted by molar-refractivity contribution is 0.208. The van der Waals surface area contributed by atoms with Crippen molar-refractivity contribution in [2.24, 2.45) is 0 Å². The standard InChI is InChI=1S/C19H24N6OS/c1-4-13-6-7-14(26-13)10-25-11-15(22-18-20-8-5-9-21-18)17-16(12-25)23-19(27-17)24(2)3/h5-9,15H,4,10-12H2,1-3H3,(H,20,21,22). The summed E-state index contributed by atoms with van der Waals surface area (Å²) in [5, 5.41) is 4.50. The van der Waals surface area contributed by atoms with Crippen molar-refractivity contribution in [3.05, 3.63) is 52.7 Å². The monoisotopic (exact) mass is 384 g/mol. The van der Waals surface area contributed by atoms with Gasteiger partial charge in [0.15, 0.2) is 5.13 Å². The number of aromatic nitrogens is 3. The van der Waals surface area contributed by atoms with Gasteiger partial charge in [-0.1, -0.05) is 18.3 Å². The van der Waals surface area contributed by atoms with E-state index in [1.165, 1.54) is 4.88 Å². The molecule has 8 heteroatoms. The lowest BCUT2D eigenvalue weighted by Crippen LogP contribution is -2.36. The summed E-state index contributed by atoms with van der Waals surface area (Å²) >= 11 is 1.73. The third-order valence-electron chi connectivity index (χ3n) is 4.54. The largest absolute Gasteiger partial charge is 0.465 e. The van der Waals surface area contributed by atoms with Gasteiger partial charge in [0.1, 0.15) is 11.5 Å². The predicted molar refractivity (Wildman–Crippen MR) is 107 cm³/mol. The fraction of sp³-hybridized carbons (Fsp3) is 0.421. The van der Waals surface area contributed by atoms with Crippen molar-refractivity contribution in [2.45, 2.75) is 32.5 Å². The molecule has 0 spiro atoms. The molecule has 7 nitrogen and oxygen atoms in total. The molecule has 0 saturated heterocycles. The van der Waals surface area contributed by atoms with Crippen molar-refractivity contribution in [1.82, 2.24) is 19.9 Å². The highest BCUT2D eigenvalue weighted by Gasteiger charge is 2.30. The van der Waals surface area contributed by atoms with Gasteiger partial charge in [0.25, 0.3) is 0 Å². The number of hydrogen-bond donors (Lipinski definition) is 1. The summed E-state index contributed by atoms with van der Waals surface area (Å²) in [5.41, 5.74) is 1.12. The summed E-state index contributed by atoms with van der Waals surface area (Å²) < 4.78 is 5.91. The van der Waals surface area contributed by atoms with Gasteiger partial charge >= 0.3 is 0 Å². The van der Waals surface area contributed by atoms with Gasteiger partial charge in [-0.25, -0.2) is 15.0 Å². The van der Waals surface area contributed by atoms with Crippen LogP contribution in [0.1, 0.15) is 35.1 Å². The number of thiazole rings is 1. The number of nitrogens with one attached hydrogen (secondary N) is 1. The lowest BCUT2D eigenvalue weighted by Gasteiger charge is -2.31. The highest BCUT2D eigenvalue weighted by Crippen LogP contribution is 2.36. The van der Waals surface area contributed by atoms with Crippen LogP contribution in [0.15, 0.2) is 35.0 Å². The second-order valence-corrected chi connectivity index (χ2v) is 7.87.